The zero-order chi connectivity index (χ0) is 16.8. The third-order valence-electron chi connectivity index (χ3n) is 3.63. The van der Waals surface area contributed by atoms with Gasteiger partial charge in [-0.2, -0.15) is 0 Å². The Bertz CT molecular complexity index is 654. The summed E-state index contributed by atoms with van der Waals surface area (Å²) in [5.41, 5.74) is 3.05. The maximum atomic E-state index is 12.2. The van der Waals surface area contributed by atoms with Gasteiger partial charge in [-0.1, -0.05) is 32.0 Å². The van der Waals surface area contributed by atoms with Gasteiger partial charge in [-0.05, 0) is 49.1 Å². The highest BCUT2D eigenvalue weighted by Gasteiger charge is 2.17. The lowest BCUT2D eigenvalue weighted by atomic mass is 10.0. The first-order valence-corrected chi connectivity index (χ1v) is 7.92. The van der Waals surface area contributed by atoms with Crippen molar-refractivity contribution >= 4 is 5.91 Å². The predicted octanol–water partition coefficient (Wildman–Crippen LogP) is 3.60. The summed E-state index contributed by atoms with van der Waals surface area (Å²) in [4.78, 5) is 16.4. The van der Waals surface area contributed by atoms with Gasteiger partial charge in [-0.3, -0.25) is 9.78 Å². The third-order valence-corrected chi connectivity index (χ3v) is 3.63. The molecule has 0 fully saturated rings. The van der Waals surface area contributed by atoms with Gasteiger partial charge in [-0.25, -0.2) is 0 Å². The van der Waals surface area contributed by atoms with Gasteiger partial charge < -0.3 is 10.1 Å². The second kappa shape index (κ2) is 7.77. The zero-order valence-corrected chi connectivity index (χ0v) is 14.2. The van der Waals surface area contributed by atoms with E-state index in [0.29, 0.717) is 12.5 Å². The predicted molar refractivity (Wildman–Crippen MR) is 91.4 cm³/mol. The number of amides is 1. The van der Waals surface area contributed by atoms with Crippen molar-refractivity contribution in [2.45, 2.75) is 46.3 Å². The van der Waals surface area contributed by atoms with Crippen LogP contribution >= 0.6 is 0 Å². The summed E-state index contributed by atoms with van der Waals surface area (Å²) < 4.78 is 5.91. The molecule has 1 N–H and O–H groups in total. The second-order valence-electron chi connectivity index (χ2n) is 5.99. The van der Waals surface area contributed by atoms with Crippen molar-refractivity contribution in [2.75, 3.05) is 0 Å². The molecule has 0 aliphatic heterocycles. The molecule has 0 saturated carbocycles. The molecular weight excluding hydrogens is 288 g/mol. The van der Waals surface area contributed by atoms with Crippen molar-refractivity contribution in [3.05, 3.63) is 59.4 Å². The fourth-order valence-electron chi connectivity index (χ4n) is 2.29. The van der Waals surface area contributed by atoms with E-state index in [1.54, 1.807) is 13.1 Å². The summed E-state index contributed by atoms with van der Waals surface area (Å²) in [5, 5.41) is 2.86. The maximum absolute atomic E-state index is 12.2. The molecule has 0 saturated heterocycles. The van der Waals surface area contributed by atoms with Crippen LogP contribution in [0.4, 0.5) is 0 Å². The van der Waals surface area contributed by atoms with Gasteiger partial charge in [0.05, 0.1) is 12.2 Å². The number of rotatable bonds is 6. The van der Waals surface area contributed by atoms with Crippen LogP contribution in [-0.4, -0.2) is 17.0 Å². The number of carbonyl (C=O) groups is 1. The molecule has 0 bridgehead atoms. The van der Waals surface area contributed by atoms with E-state index >= 15 is 0 Å². The van der Waals surface area contributed by atoms with Crippen molar-refractivity contribution in [2.24, 2.45) is 0 Å². The average molecular weight is 312 g/mol. The summed E-state index contributed by atoms with van der Waals surface area (Å²) in [6.45, 7) is 8.41. The number of aromatic nitrogens is 1. The number of benzene rings is 1. The Balaban J connectivity index is 1.99. The number of nitrogens with zero attached hydrogens (tertiary/aromatic N) is 1. The molecule has 0 spiro atoms. The van der Waals surface area contributed by atoms with Crippen LogP contribution in [0.15, 0.2) is 42.6 Å². The number of carbonyl (C=O) groups excluding carboxylic acids is 1. The molecule has 1 aromatic heterocycles. The van der Waals surface area contributed by atoms with Gasteiger partial charge in [0.15, 0.2) is 6.10 Å². The van der Waals surface area contributed by atoms with Crippen molar-refractivity contribution in [1.29, 1.82) is 0 Å². The molecule has 122 valence electrons. The summed E-state index contributed by atoms with van der Waals surface area (Å²) in [6.07, 6.45) is 1.15. The van der Waals surface area contributed by atoms with Crippen LogP contribution in [0.5, 0.6) is 5.75 Å². The third kappa shape index (κ3) is 4.81. The molecule has 2 rings (SSSR count). The highest BCUT2D eigenvalue weighted by molar-refractivity contribution is 5.80. The number of pyridine rings is 1. The van der Waals surface area contributed by atoms with Crippen molar-refractivity contribution < 1.29 is 9.53 Å². The van der Waals surface area contributed by atoms with Gasteiger partial charge in [-0.15, -0.1) is 0 Å². The molecule has 4 heteroatoms. The number of aryl methyl sites for hydroxylation is 1. The van der Waals surface area contributed by atoms with Crippen LogP contribution in [0.3, 0.4) is 0 Å². The molecule has 1 atom stereocenters. The lowest BCUT2D eigenvalue weighted by Crippen LogP contribution is -2.36. The molecule has 1 aromatic carbocycles. The first kappa shape index (κ1) is 17.0. The Morgan fingerprint density at radius 3 is 2.65 bits per heavy atom. The minimum Gasteiger partial charge on any atom is -0.481 e. The van der Waals surface area contributed by atoms with Gasteiger partial charge in [0.2, 0.25) is 0 Å². The quantitative estimate of drug-likeness (QED) is 0.886. The van der Waals surface area contributed by atoms with E-state index in [1.807, 2.05) is 31.2 Å². The second-order valence-corrected chi connectivity index (χ2v) is 5.99. The zero-order valence-electron chi connectivity index (χ0n) is 14.2. The molecule has 0 aliphatic rings. The summed E-state index contributed by atoms with van der Waals surface area (Å²) in [5.74, 6) is 0.974. The Morgan fingerprint density at radius 2 is 2.00 bits per heavy atom. The molecule has 0 aliphatic carbocycles. The fourth-order valence-corrected chi connectivity index (χ4v) is 2.29. The minimum absolute atomic E-state index is 0.146. The SMILES string of the molecule is Cc1ccc(C(C)C)c(O[C@H](C)C(=O)NCc2ccccn2)c1. The van der Waals surface area contributed by atoms with Crippen LogP contribution in [-0.2, 0) is 11.3 Å². The van der Waals surface area contributed by atoms with E-state index in [4.69, 9.17) is 4.74 Å². The van der Waals surface area contributed by atoms with Crippen LogP contribution in [0.1, 0.15) is 43.5 Å². The Hall–Kier alpha value is -2.36. The molecule has 4 nitrogen and oxygen atoms in total. The van der Waals surface area contributed by atoms with E-state index in [2.05, 4.69) is 36.3 Å². The van der Waals surface area contributed by atoms with Gasteiger partial charge in [0.1, 0.15) is 5.75 Å². The van der Waals surface area contributed by atoms with E-state index in [-0.39, 0.29) is 5.91 Å². The molecule has 0 unspecified atom stereocenters. The van der Waals surface area contributed by atoms with Crippen molar-refractivity contribution in [3.63, 3.8) is 0 Å². The molecule has 1 amide bonds. The first-order chi connectivity index (χ1) is 11.0. The first-order valence-electron chi connectivity index (χ1n) is 7.92. The molecule has 0 radical (unpaired) electrons. The molecule has 2 aromatic rings. The number of hydrogen-bond acceptors (Lipinski definition) is 3. The highest BCUT2D eigenvalue weighted by Crippen LogP contribution is 2.28. The van der Waals surface area contributed by atoms with Gasteiger partial charge >= 0.3 is 0 Å². The Morgan fingerprint density at radius 1 is 1.22 bits per heavy atom. The summed E-state index contributed by atoms with van der Waals surface area (Å²) in [7, 11) is 0. The standard InChI is InChI=1S/C19H24N2O2/c1-13(2)17-9-8-14(3)11-18(17)23-15(4)19(22)21-12-16-7-5-6-10-20-16/h5-11,13,15H,12H2,1-4H3,(H,21,22)/t15-/m1/s1. The Labute approximate surface area is 137 Å². The monoisotopic (exact) mass is 312 g/mol. The highest BCUT2D eigenvalue weighted by atomic mass is 16.5. The molecular formula is C19H24N2O2. The van der Waals surface area contributed by atoms with Crippen LogP contribution in [0.25, 0.3) is 0 Å². The van der Waals surface area contributed by atoms with Crippen LogP contribution < -0.4 is 10.1 Å². The van der Waals surface area contributed by atoms with Crippen LogP contribution in [0, 0.1) is 6.92 Å². The van der Waals surface area contributed by atoms with Gasteiger partial charge in [0, 0.05) is 6.20 Å². The van der Waals surface area contributed by atoms with E-state index < -0.39 is 6.10 Å². The number of hydrogen-bond donors (Lipinski definition) is 1. The summed E-state index contributed by atoms with van der Waals surface area (Å²) in [6, 6.07) is 11.7. The normalized spacial score (nSPS) is 12.0. The summed E-state index contributed by atoms with van der Waals surface area (Å²) >= 11 is 0. The largest absolute Gasteiger partial charge is 0.481 e. The fraction of sp³-hybridized carbons (Fsp3) is 0.368. The van der Waals surface area contributed by atoms with Crippen molar-refractivity contribution in [3.8, 4) is 5.75 Å². The average Bonchev–Trinajstić information content (AvgIpc) is 2.53. The lowest BCUT2D eigenvalue weighted by Gasteiger charge is -2.19. The van der Waals surface area contributed by atoms with E-state index in [9.17, 15) is 4.79 Å². The smallest absolute Gasteiger partial charge is 0.261 e. The Kier molecular flexibility index (Phi) is 5.74. The molecule has 23 heavy (non-hydrogen) atoms. The van der Waals surface area contributed by atoms with Crippen molar-refractivity contribution in [1.82, 2.24) is 10.3 Å². The molecule has 1 heterocycles. The van der Waals surface area contributed by atoms with Crippen LogP contribution in [0.2, 0.25) is 0 Å². The number of ether oxygens (including phenoxy) is 1. The minimum atomic E-state index is -0.557. The topological polar surface area (TPSA) is 51.2 Å². The maximum Gasteiger partial charge on any atom is 0.261 e. The van der Waals surface area contributed by atoms with E-state index in [1.165, 1.54) is 0 Å². The number of nitrogens with one attached hydrogen (secondary N) is 1. The van der Waals surface area contributed by atoms with Gasteiger partial charge in [0.25, 0.3) is 5.91 Å². The van der Waals surface area contributed by atoms with E-state index in [0.717, 1.165) is 22.6 Å². The lowest BCUT2D eigenvalue weighted by molar-refractivity contribution is -0.127.